The van der Waals surface area contributed by atoms with Gasteiger partial charge < -0.3 is 19.7 Å². The highest BCUT2D eigenvalue weighted by Gasteiger charge is 2.32. The third-order valence-electron chi connectivity index (χ3n) is 5.66. The molecule has 160 valence electrons. The van der Waals surface area contributed by atoms with Gasteiger partial charge in [-0.15, -0.1) is 11.3 Å². The van der Waals surface area contributed by atoms with Crippen molar-refractivity contribution in [2.45, 2.75) is 57.6 Å². The van der Waals surface area contributed by atoms with Crippen LogP contribution in [0.15, 0.2) is 23.6 Å². The van der Waals surface area contributed by atoms with Crippen LogP contribution in [-0.4, -0.2) is 41.5 Å². The minimum absolute atomic E-state index is 0.114. The lowest BCUT2D eigenvalue weighted by Gasteiger charge is -2.19. The Bertz CT molecular complexity index is 923. The highest BCUT2D eigenvalue weighted by Crippen LogP contribution is 2.37. The molecule has 1 aliphatic heterocycles. The summed E-state index contributed by atoms with van der Waals surface area (Å²) in [7, 11) is 1.65. The van der Waals surface area contributed by atoms with Crippen LogP contribution >= 0.6 is 11.3 Å². The number of nitrogens with zero attached hydrogens (tertiary/aromatic N) is 2. The van der Waals surface area contributed by atoms with Crippen molar-refractivity contribution in [3.05, 3.63) is 34.8 Å². The normalized spacial score (nSPS) is 19.3. The van der Waals surface area contributed by atoms with Crippen LogP contribution in [0.25, 0.3) is 0 Å². The number of benzene rings is 1. The predicted octanol–water partition coefficient (Wildman–Crippen LogP) is 3.95. The second kappa shape index (κ2) is 9.04. The number of methoxy groups -OCH3 is 1. The third kappa shape index (κ3) is 4.75. The number of carbonyl (C=O) groups excluding carboxylic acids is 2. The number of rotatable bonds is 7. The minimum atomic E-state index is -0.150. The lowest BCUT2D eigenvalue weighted by atomic mass is 9.98. The SMILES string of the molecule is COc1ccc(C2CC(=O)N(Cc3csc(NC(C)=O)n3)C2)cc1OC1CCCC1. The molecule has 0 radical (unpaired) electrons. The van der Waals surface area contributed by atoms with E-state index in [0.717, 1.165) is 35.6 Å². The van der Waals surface area contributed by atoms with E-state index < -0.39 is 0 Å². The van der Waals surface area contributed by atoms with Crippen LogP contribution in [0.4, 0.5) is 5.13 Å². The first-order valence-corrected chi connectivity index (χ1v) is 11.2. The lowest BCUT2D eigenvalue weighted by Crippen LogP contribution is -2.24. The summed E-state index contributed by atoms with van der Waals surface area (Å²) in [5.41, 5.74) is 1.88. The van der Waals surface area contributed by atoms with Crippen LogP contribution < -0.4 is 14.8 Å². The number of hydrogen-bond donors (Lipinski definition) is 1. The number of nitrogens with one attached hydrogen (secondary N) is 1. The van der Waals surface area contributed by atoms with Gasteiger partial charge in [0.05, 0.1) is 25.5 Å². The maximum Gasteiger partial charge on any atom is 0.223 e. The molecule has 2 amide bonds. The Kier molecular flexibility index (Phi) is 6.22. The summed E-state index contributed by atoms with van der Waals surface area (Å²) in [6.45, 7) is 2.54. The van der Waals surface area contributed by atoms with Crippen molar-refractivity contribution in [2.75, 3.05) is 19.0 Å². The first kappa shape index (κ1) is 20.7. The second-order valence-electron chi connectivity index (χ2n) is 7.94. The van der Waals surface area contributed by atoms with Gasteiger partial charge in [0, 0.05) is 31.2 Å². The van der Waals surface area contributed by atoms with E-state index in [9.17, 15) is 9.59 Å². The zero-order chi connectivity index (χ0) is 21.1. The van der Waals surface area contributed by atoms with Gasteiger partial charge in [-0.05, 0) is 43.4 Å². The highest BCUT2D eigenvalue weighted by molar-refractivity contribution is 7.13. The van der Waals surface area contributed by atoms with E-state index in [2.05, 4.69) is 10.3 Å². The van der Waals surface area contributed by atoms with Crippen molar-refractivity contribution in [2.24, 2.45) is 0 Å². The third-order valence-corrected chi connectivity index (χ3v) is 6.46. The van der Waals surface area contributed by atoms with E-state index in [1.165, 1.54) is 31.1 Å². The molecule has 8 heteroatoms. The molecular weight excluding hydrogens is 402 g/mol. The Morgan fingerprint density at radius 3 is 2.83 bits per heavy atom. The van der Waals surface area contributed by atoms with Crippen molar-refractivity contribution in [3.63, 3.8) is 0 Å². The molecular formula is C22H27N3O4S. The zero-order valence-corrected chi connectivity index (χ0v) is 18.2. The van der Waals surface area contributed by atoms with E-state index in [4.69, 9.17) is 9.47 Å². The van der Waals surface area contributed by atoms with E-state index in [0.29, 0.717) is 24.6 Å². The number of anilines is 1. The van der Waals surface area contributed by atoms with Crippen molar-refractivity contribution in [1.82, 2.24) is 9.88 Å². The summed E-state index contributed by atoms with van der Waals surface area (Å²) in [5.74, 6) is 1.58. The van der Waals surface area contributed by atoms with Gasteiger partial charge >= 0.3 is 0 Å². The number of thiazole rings is 1. The molecule has 1 unspecified atom stereocenters. The molecule has 1 saturated carbocycles. The van der Waals surface area contributed by atoms with E-state index in [-0.39, 0.29) is 23.8 Å². The molecule has 1 atom stereocenters. The van der Waals surface area contributed by atoms with Crippen molar-refractivity contribution < 1.29 is 19.1 Å². The summed E-state index contributed by atoms with van der Waals surface area (Å²) in [4.78, 5) is 30.0. The van der Waals surface area contributed by atoms with Crippen LogP contribution in [0, 0.1) is 0 Å². The Morgan fingerprint density at radius 2 is 2.10 bits per heavy atom. The molecule has 2 fully saturated rings. The lowest BCUT2D eigenvalue weighted by molar-refractivity contribution is -0.128. The molecule has 7 nitrogen and oxygen atoms in total. The average Bonchev–Trinajstić information content (AvgIpc) is 3.45. The van der Waals surface area contributed by atoms with Crippen molar-refractivity contribution in [3.8, 4) is 11.5 Å². The van der Waals surface area contributed by atoms with Crippen LogP contribution in [0.5, 0.6) is 11.5 Å². The predicted molar refractivity (Wildman–Crippen MR) is 115 cm³/mol. The molecule has 4 rings (SSSR count). The fraction of sp³-hybridized carbons (Fsp3) is 0.500. The number of amides is 2. The van der Waals surface area contributed by atoms with Gasteiger partial charge in [0.1, 0.15) is 0 Å². The fourth-order valence-electron chi connectivity index (χ4n) is 4.16. The number of ether oxygens (including phenoxy) is 2. The monoisotopic (exact) mass is 429 g/mol. The van der Waals surface area contributed by atoms with Gasteiger partial charge in [0.15, 0.2) is 16.6 Å². The molecule has 0 bridgehead atoms. The zero-order valence-electron chi connectivity index (χ0n) is 17.3. The van der Waals surface area contributed by atoms with Gasteiger partial charge in [0.2, 0.25) is 11.8 Å². The Balaban J connectivity index is 1.44. The van der Waals surface area contributed by atoms with Gasteiger partial charge in [-0.3, -0.25) is 9.59 Å². The summed E-state index contributed by atoms with van der Waals surface area (Å²) in [6.07, 6.45) is 5.29. The Hall–Kier alpha value is -2.61. The maximum atomic E-state index is 12.6. The van der Waals surface area contributed by atoms with Crippen LogP contribution in [0.1, 0.15) is 56.2 Å². The summed E-state index contributed by atoms with van der Waals surface area (Å²) >= 11 is 1.37. The van der Waals surface area contributed by atoms with Crippen LogP contribution in [0.2, 0.25) is 0 Å². The Labute approximate surface area is 180 Å². The van der Waals surface area contributed by atoms with E-state index in [1.54, 1.807) is 7.11 Å². The number of likely N-dealkylation sites (tertiary alicyclic amines) is 1. The molecule has 1 aromatic carbocycles. The number of aromatic nitrogens is 1. The van der Waals surface area contributed by atoms with Crippen molar-refractivity contribution >= 4 is 28.3 Å². The summed E-state index contributed by atoms with van der Waals surface area (Å²) < 4.78 is 11.7. The molecule has 2 heterocycles. The van der Waals surface area contributed by atoms with Gasteiger partial charge in [-0.25, -0.2) is 4.98 Å². The standard InChI is InChI=1S/C22H27N3O4S/c1-14(26)23-22-24-17(13-30-22)12-25-11-16(10-21(25)27)15-7-8-19(28-2)20(9-15)29-18-5-3-4-6-18/h7-9,13,16,18H,3-6,10-12H2,1-2H3,(H,23,24,26). The van der Waals surface area contributed by atoms with E-state index >= 15 is 0 Å². The molecule has 2 aliphatic rings. The molecule has 1 saturated heterocycles. The quantitative estimate of drug-likeness (QED) is 0.721. The fourth-order valence-corrected chi connectivity index (χ4v) is 4.90. The molecule has 1 aromatic heterocycles. The smallest absolute Gasteiger partial charge is 0.223 e. The molecule has 30 heavy (non-hydrogen) atoms. The first-order chi connectivity index (χ1) is 14.5. The van der Waals surface area contributed by atoms with Gasteiger partial charge in [-0.2, -0.15) is 0 Å². The first-order valence-electron chi connectivity index (χ1n) is 10.4. The number of hydrogen-bond acceptors (Lipinski definition) is 6. The highest BCUT2D eigenvalue weighted by atomic mass is 32.1. The Morgan fingerprint density at radius 1 is 1.30 bits per heavy atom. The molecule has 0 spiro atoms. The second-order valence-corrected chi connectivity index (χ2v) is 8.79. The van der Waals surface area contributed by atoms with Crippen molar-refractivity contribution in [1.29, 1.82) is 0 Å². The molecule has 2 aromatic rings. The summed E-state index contributed by atoms with van der Waals surface area (Å²) in [6, 6.07) is 6.00. The number of carbonyl (C=O) groups is 2. The maximum absolute atomic E-state index is 12.6. The average molecular weight is 430 g/mol. The van der Waals surface area contributed by atoms with E-state index in [1.807, 2.05) is 28.5 Å². The van der Waals surface area contributed by atoms with Gasteiger partial charge in [0.25, 0.3) is 0 Å². The van der Waals surface area contributed by atoms with Gasteiger partial charge in [-0.1, -0.05) is 6.07 Å². The van der Waals surface area contributed by atoms with Crippen LogP contribution in [-0.2, 0) is 16.1 Å². The minimum Gasteiger partial charge on any atom is -0.493 e. The largest absolute Gasteiger partial charge is 0.493 e. The van der Waals surface area contributed by atoms with Crippen LogP contribution in [0.3, 0.4) is 0 Å². The summed E-state index contributed by atoms with van der Waals surface area (Å²) in [5, 5.41) is 5.12. The molecule has 1 aliphatic carbocycles. The topological polar surface area (TPSA) is 80.8 Å². The molecule has 1 N–H and O–H groups in total.